The molecule has 1 heterocycles. The van der Waals surface area contributed by atoms with Gasteiger partial charge in [-0.2, -0.15) is 13.2 Å². The molecule has 0 bridgehead atoms. The molecule has 1 aliphatic rings. The standard InChI is InChI=1S/C13H14BrF4NO/c1-8-6-19(7-10(5-14)20-8)12-3-2-9(4-11(12)15)13(16,17)18/h2-4,8,10H,5-7H2,1H3. The first-order valence-corrected chi connectivity index (χ1v) is 7.26. The number of hydrogen-bond donors (Lipinski definition) is 0. The fourth-order valence-electron chi connectivity index (χ4n) is 2.27. The van der Waals surface area contributed by atoms with Crippen LogP contribution >= 0.6 is 15.9 Å². The minimum Gasteiger partial charge on any atom is -0.371 e. The topological polar surface area (TPSA) is 12.5 Å². The molecule has 2 unspecified atom stereocenters. The molecule has 0 spiro atoms. The zero-order valence-corrected chi connectivity index (χ0v) is 12.3. The third-order valence-electron chi connectivity index (χ3n) is 3.11. The second-order valence-electron chi connectivity index (χ2n) is 4.79. The highest BCUT2D eigenvalue weighted by molar-refractivity contribution is 9.09. The molecule has 1 fully saturated rings. The van der Waals surface area contributed by atoms with Crippen molar-refractivity contribution in [2.24, 2.45) is 0 Å². The van der Waals surface area contributed by atoms with E-state index in [2.05, 4.69) is 15.9 Å². The molecule has 2 rings (SSSR count). The lowest BCUT2D eigenvalue weighted by molar-refractivity contribution is -0.137. The minimum atomic E-state index is -4.53. The van der Waals surface area contributed by atoms with Gasteiger partial charge in [0.1, 0.15) is 5.82 Å². The van der Waals surface area contributed by atoms with Crippen molar-refractivity contribution in [3.05, 3.63) is 29.6 Å². The van der Waals surface area contributed by atoms with E-state index in [0.29, 0.717) is 24.5 Å². The molecule has 7 heteroatoms. The Morgan fingerprint density at radius 2 is 2.05 bits per heavy atom. The highest BCUT2D eigenvalue weighted by Gasteiger charge is 2.32. The van der Waals surface area contributed by atoms with E-state index >= 15 is 0 Å². The number of nitrogens with zero attached hydrogens (tertiary/aromatic N) is 1. The van der Waals surface area contributed by atoms with E-state index in [1.165, 1.54) is 6.07 Å². The van der Waals surface area contributed by atoms with Gasteiger partial charge in [0.2, 0.25) is 0 Å². The fourth-order valence-corrected chi connectivity index (χ4v) is 2.62. The summed E-state index contributed by atoms with van der Waals surface area (Å²) in [6.45, 7) is 2.74. The smallest absolute Gasteiger partial charge is 0.371 e. The van der Waals surface area contributed by atoms with Crippen molar-refractivity contribution in [1.82, 2.24) is 0 Å². The van der Waals surface area contributed by atoms with Crippen LogP contribution in [0.2, 0.25) is 0 Å². The van der Waals surface area contributed by atoms with Gasteiger partial charge in [-0.3, -0.25) is 0 Å². The van der Waals surface area contributed by atoms with E-state index in [1.54, 1.807) is 4.90 Å². The fraction of sp³-hybridized carbons (Fsp3) is 0.538. The van der Waals surface area contributed by atoms with Gasteiger partial charge in [0.05, 0.1) is 23.5 Å². The van der Waals surface area contributed by atoms with Crippen LogP contribution in [-0.2, 0) is 10.9 Å². The monoisotopic (exact) mass is 355 g/mol. The molecule has 1 aliphatic heterocycles. The van der Waals surface area contributed by atoms with Crippen LogP contribution < -0.4 is 4.90 Å². The van der Waals surface area contributed by atoms with Crippen molar-refractivity contribution >= 4 is 21.6 Å². The maximum absolute atomic E-state index is 13.9. The quantitative estimate of drug-likeness (QED) is 0.590. The Balaban J connectivity index is 2.24. The third-order valence-corrected chi connectivity index (χ3v) is 3.84. The van der Waals surface area contributed by atoms with E-state index in [-0.39, 0.29) is 17.9 Å². The van der Waals surface area contributed by atoms with E-state index < -0.39 is 17.6 Å². The van der Waals surface area contributed by atoms with Crippen LogP contribution in [0.15, 0.2) is 18.2 Å². The summed E-state index contributed by atoms with van der Waals surface area (Å²) in [6.07, 6.45) is -4.75. The lowest BCUT2D eigenvalue weighted by atomic mass is 10.1. The van der Waals surface area contributed by atoms with E-state index in [4.69, 9.17) is 4.74 Å². The molecule has 1 aromatic carbocycles. The Morgan fingerprint density at radius 3 is 2.60 bits per heavy atom. The lowest BCUT2D eigenvalue weighted by Crippen LogP contribution is -2.47. The molecular formula is C13H14BrF4NO. The van der Waals surface area contributed by atoms with E-state index in [1.807, 2.05) is 6.92 Å². The molecule has 1 saturated heterocycles. The number of alkyl halides is 4. The highest BCUT2D eigenvalue weighted by Crippen LogP contribution is 2.33. The molecule has 0 saturated carbocycles. The van der Waals surface area contributed by atoms with Gasteiger partial charge in [0.25, 0.3) is 0 Å². The largest absolute Gasteiger partial charge is 0.416 e. The van der Waals surface area contributed by atoms with Crippen molar-refractivity contribution in [2.75, 3.05) is 23.3 Å². The van der Waals surface area contributed by atoms with Crippen LogP contribution in [-0.4, -0.2) is 30.6 Å². The predicted octanol–water partition coefficient (Wildman–Crippen LogP) is 3.83. The molecule has 0 N–H and O–H groups in total. The zero-order chi connectivity index (χ0) is 14.9. The van der Waals surface area contributed by atoms with Crippen LogP contribution in [0.1, 0.15) is 12.5 Å². The molecule has 1 aromatic rings. The number of anilines is 1. The van der Waals surface area contributed by atoms with E-state index in [9.17, 15) is 17.6 Å². The zero-order valence-electron chi connectivity index (χ0n) is 10.8. The van der Waals surface area contributed by atoms with Crippen molar-refractivity contribution in [3.8, 4) is 0 Å². The first-order chi connectivity index (χ1) is 9.31. The first-order valence-electron chi connectivity index (χ1n) is 6.14. The molecule has 0 amide bonds. The van der Waals surface area contributed by atoms with Gasteiger partial charge in [0.15, 0.2) is 0 Å². The number of ether oxygens (including phenoxy) is 1. The summed E-state index contributed by atoms with van der Waals surface area (Å²) in [6, 6.07) is 2.63. The maximum atomic E-state index is 13.9. The van der Waals surface area contributed by atoms with Gasteiger partial charge < -0.3 is 9.64 Å². The Labute approximate surface area is 122 Å². The van der Waals surface area contributed by atoms with Crippen LogP contribution in [0, 0.1) is 5.82 Å². The lowest BCUT2D eigenvalue weighted by Gasteiger charge is -2.37. The minimum absolute atomic E-state index is 0.104. The van der Waals surface area contributed by atoms with Crippen LogP contribution in [0.5, 0.6) is 0 Å². The van der Waals surface area contributed by atoms with Gasteiger partial charge in [-0.1, -0.05) is 15.9 Å². The number of benzene rings is 1. The second-order valence-corrected chi connectivity index (χ2v) is 5.44. The predicted molar refractivity (Wildman–Crippen MR) is 71.7 cm³/mol. The average Bonchev–Trinajstić information content (AvgIpc) is 2.36. The van der Waals surface area contributed by atoms with Gasteiger partial charge >= 0.3 is 6.18 Å². The Kier molecular flexibility index (Phi) is 4.59. The van der Waals surface area contributed by atoms with Crippen LogP contribution in [0.25, 0.3) is 0 Å². The maximum Gasteiger partial charge on any atom is 0.416 e. The Morgan fingerprint density at radius 1 is 1.35 bits per heavy atom. The Bertz CT molecular complexity index is 480. The summed E-state index contributed by atoms with van der Waals surface area (Å²) in [5.74, 6) is -0.859. The molecule has 2 nitrogen and oxygen atoms in total. The molecule has 0 radical (unpaired) electrons. The highest BCUT2D eigenvalue weighted by atomic mass is 79.9. The number of rotatable bonds is 2. The molecular weight excluding hydrogens is 342 g/mol. The van der Waals surface area contributed by atoms with Crippen molar-refractivity contribution in [3.63, 3.8) is 0 Å². The SMILES string of the molecule is CC1CN(c2ccc(C(F)(F)F)cc2F)CC(CBr)O1. The number of halogens is 5. The summed E-state index contributed by atoms with van der Waals surface area (Å²) in [5, 5.41) is 0.593. The molecule has 2 atom stereocenters. The van der Waals surface area contributed by atoms with Crippen molar-refractivity contribution < 1.29 is 22.3 Å². The molecule has 0 aromatic heterocycles. The van der Waals surface area contributed by atoms with Crippen molar-refractivity contribution in [1.29, 1.82) is 0 Å². The average molecular weight is 356 g/mol. The van der Waals surface area contributed by atoms with Crippen LogP contribution in [0.3, 0.4) is 0 Å². The van der Waals surface area contributed by atoms with E-state index in [0.717, 1.165) is 6.07 Å². The Hall–Kier alpha value is -0.820. The summed E-state index contributed by atoms with van der Waals surface area (Å²) in [5.41, 5.74) is -0.795. The molecule has 0 aliphatic carbocycles. The van der Waals surface area contributed by atoms with Gasteiger partial charge in [0, 0.05) is 18.4 Å². The molecule has 112 valence electrons. The summed E-state index contributed by atoms with van der Waals surface area (Å²) in [7, 11) is 0. The summed E-state index contributed by atoms with van der Waals surface area (Å²) < 4.78 is 57.1. The summed E-state index contributed by atoms with van der Waals surface area (Å²) >= 11 is 3.30. The second kappa shape index (κ2) is 5.89. The van der Waals surface area contributed by atoms with Gasteiger partial charge in [-0.15, -0.1) is 0 Å². The van der Waals surface area contributed by atoms with Gasteiger partial charge in [-0.05, 0) is 25.1 Å². The van der Waals surface area contributed by atoms with Gasteiger partial charge in [-0.25, -0.2) is 4.39 Å². The normalized spacial score (nSPS) is 24.0. The summed E-state index contributed by atoms with van der Waals surface area (Å²) in [4.78, 5) is 1.72. The number of morpholine rings is 1. The third kappa shape index (κ3) is 3.44. The molecule has 20 heavy (non-hydrogen) atoms. The van der Waals surface area contributed by atoms with Crippen molar-refractivity contribution in [2.45, 2.75) is 25.3 Å². The van der Waals surface area contributed by atoms with Crippen LogP contribution in [0.4, 0.5) is 23.2 Å². The number of hydrogen-bond acceptors (Lipinski definition) is 2. The first kappa shape index (κ1) is 15.6.